The number of nitrogens with zero attached hydrogens (tertiary/aromatic N) is 2. The van der Waals surface area contributed by atoms with Crippen molar-refractivity contribution >= 4 is 17.8 Å². The number of aliphatic carboxylic acids is 1. The molecule has 0 bridgehead atoms. The maximum atomic E-state index is 11.4. The van der Waals surface area contributed by atoms with Crippen molar-refractivity contribution in [2.24, 2.45) is 5.92 Å². The molecule has 0 aromatic carbocycles. The molecule has 1 aromatic heterocycles. The molecule has 1 aromatic rings. The van der Waals surface area contributed by atoms with Crippen molar-refractivity contribution in [3.8, 4) is 0 Å². The zero-order valence-corrected chi connectivity index (χ0v) is 10.00. The zero-order valence-electron chi connectivity index (χ0n) is 10.00. The van der Waals surface area contributed by atoms with Gasteiger partial charge in [-0.2, -0.15) is 0 Å². The van der Waals surface area contributed by atoms with Crippen LogP contribution in [0.1, 0.15) is 17.3 Å². The van der Waals surface area contributed by atoms with Crippen molar-refractivity contribution in [3.63, 3.8) is 0 Å². The Labute approximate surface area is 104 Å². The molecule has 1 saturated heterocycles. The number of carboxylic acid groups (broad SMARTS) is 1. The van der Waals surface area contributed by atoms with Gasteiger partial charge in [-0.15, -0.1) is 0 Å². The molecule has 0 atom stereocenters. The first kappa shape index (κ1) is 12.3. The number of carbonyl (C=O) groups excluding carboxylic acids is 1. The van der Waals surface area contributed by atoms with Crippen molar-refractivity contribution in [3.05, 3.63) is 23.9 Å². The normalized spacial score (nSPS) is 15.1. The van der Waals surface area contributed by atoms with Crippen LogP contribution in [0.25, 0.3) is 0 Å². The molecule has 0 spiro atoms. The Bertz CT molecular complexity index is 452. The topological polar surface area (TPSA) is 79.7 Å². The molecule has 0 unspecified atom stereocenters. The maximum Gasteiger partial charge on any atom is 0.339 e. The monoisotopic (exact) mass is 250 g/mol. The van der Waals surface area contributed by atoms with Gasteiger partial charge in [0.1, 0.15) is 5.82 Å². The number of carbonyl (C=O) groups is 2. The fourth-order valence-corrected chi connectivity index (χ4v) is 1.73. The van der Waals surface area contributed by atoms with E-state index in [1.54, 1.807) is 19.1 Å². The van der Waals surface area contributed by atoms with Crippen LogP contribution in [0, 0.1) is 5.92 Å². The average Bonchev–Trinajstić information content (AvgIpc) is 2.27. The first-order valence-corrected chi connectivity index (χ1v) is 5.72. The van der Waals surface area contributed by atoms with Gasteiger partial charge in [0.15, 0.2) is 0 Å². The van der Waals surface area contributed by atoms with Gasteiger partial charge in [0.05, 0.1) is 18.1 Å². The average molecular weight is 250 g/mol. The Balaban J connectivity index is 1.97. The predicted molar refractivity (Wildman–Crippen MR) is 63.5 cm³/mol. The molecule has 1 aliphatic rings. The quantitative estimate of drug-likeness (QED) is 0.795. The van der Waals surface area contributed by atoms with Gasteiger partial charge in [0.2, 0.25) is 0 Å². The summed E-state index contributed by atoms with van der Waals surface area (Å²) in [5, 5.41) is 8.77. The molecule has 0 aliphatic carbocycles. The number of hydrogen-bond donors (Lipinski definition) is 1. The van der Waals surface area contributed by atoms with E-state index in [-0.39, 0.29) is 5.92 Å². The first-order chi connectivity index (χ1) is 8.61. The summed E-state index contributed by atoms with van der Waals surface area (Å²) in [6.45, 7) is 2.99. The second kappa shape index (κ2) is 5.03. The highest BCUT2D eigenvalue weighted by Crippen LogP contribution is 2.22. The fraction of sp³-hybridized carbons (Fsp3) is 0.417. The highest BCUT2D eigenvalue weighted by Gasteiger charge is 2.33. The Morgan fingerprint density at radius 2 is 2.22 bits per heavy atom. The first-order valence-electron chi connectivity index (χ1n) is 5.72. The Morgan fingerprint density at radius 3 is 2.72 bits per heavy atom. The van der Waals surface area contributed by atoms with Gasteiger partial charge < -0.3 is 14.7 Å². The largest absolute Gasteiger partial charge is 0.481 e. The van der Waals surface area contributed by atoms with Crippen molar-refractivity contribution in [2.75, 3.05) is 24.6 Å². The summed E-state index contributed by atoms with van der Waals surface area (Å²) in [6, 6.07) is 3.33. The fourth-order valence-electron chi connectivity index (χ4n) is 1.73. The lowest BCUT2D eigenvalue weighted by Gasteiger charge is -2.37. The number of aromatic nitrogens is 1. The van der Waals surface area contributed by atoms with Crippen molar-refractivity contribution < 1.29 is 19.4 Å². The molecule has 1 aliphatic heterocycles. The van der Waals surface area contributed by atoms with Crippen LogP contribution >= 0.6 is 0 Å². The van der Waals surface area contributed by atoms with Crippen LogP contribution in [-0.4, -0.2) is 41.7 Å². The van der Waals surface area contributed by atoms with Gasteiger partial charge in [-0.25, -0.2) is 9.78 Å². The van der Waals surface area contributed by atoms with Crippen LogP contribution in [0.5, 0.6) is 0 Å². The molecule has 0 radical (unpaired) electrons. The van der Waals surface area contributed by atoms with Crippen LogP contribution in [0.15, 0.2) is 18.3 Å². The summed E-state index contributed by atoms with van der Waals surface area (Å²) in [6.07, 6.45) is 1.45. The van der Waals surface area contributed by atoms with Gasteiger partial charge in [-0.3, -0.25) is 4.79 Å². The SMILES string of the molecule is CCOC(=O)c1ccc(N2CC(C(=O)O)C2)nc1. The molecule has 2 rings (SSSR count). The number of rotatable bonds is 4. The lowest BCUT2D eigenvalue weighted by Crippen LogP contribution is -2.50. The summed E-state index contributed by atoms with van der Waals surface area (Å²) < 4.78 is 4.85. The van der Waals surface area contributed by atoms with E-state index in [0.717, 1.165) is 0 Å². The molecule has 18 heavy (non-hydrogen) atoms. The zero-order chi connectivity index (χ0) is 13.1. The van der Waals surface area contributed by atoms with E-state index in [4.69, 9.17) is 9.84 Å². The number of carboxylic acids is 1. The van der Waals surface area contributed by atoms with E-state index in [2.05, 4.69) is 4.98 Å². The lowest BCUT2D eigenvalue weighted by atomic mass is 10.0. The van der Waals surface area contributed by atoms with Crippen LogP contribution < -0.4 is 4.90 Å². The van der Waals surface area contributed by atoms with Crippen LogP contribution in [0.3, 0.4) is 0 Å². The minimum absolute atomic E-state index is 0.323. The van der Waals surface area contributed by atoms with E-state index in [0.29, 0.717) is 31.1 Å². The van der Waals surface area contributed by atoms with E-state index in [9.17, 15) is 9.59 Å². The van der Waals surface area contributed by atoms with Gasteiger partial charge in [-0.1, -0.05) is 0 Å². The number of pyridine rings is 1. The summed E-state index contributed by atoms with van der Waals surface area (Å²) in [5.74, 6) is -0.824. The van der Waals surface area contributed by atoms with Gasteiger partial charge in [0.25, 0.3) is 0 Å². The van der Waals surface area contributed by atoms with Gasteiger partial charge in [-0.05, 0) is 19.1 Å². The number of anilines is 1. The molecule has 2 heterocycles. The highest BCUT2D eigenvalue weighted by atomic mass is 16.5. The lowest BCUT2D eigenvalue weighted by molar-refractivity contribution is -0.142. The molecular formula is C12H14N2O4. The second-order valence-electron chi connectivity index (χ2n) is 4.07. The predicted octanol–water partition coefficient (Wildman–Crippen LogP) is 0.779. The third kappa shape index (κ3) is 2.42. The van der Waals surface area contributed by atoms with Crippen molar-refractivity contribution in [1.29, 1.82) is 0 Å². The number of hydrogen-bond acceptors (Lipinski definition) is 5. The molecule has 96 valence electrons. The standard InChI is InChI=1S/C12H14N2O4/c1-2-18-12(17)8-3-4-10(13-5-8)14-6-9(7-14)11(15)16/h3-5,9H,2,6-7H2,1H3,(H,15,16). The molecule has 1 N–H and O–H groups in total. The molecule has 0 saturated carbocycles. The molecule has 6 nitrogen and oxygen atoms in total. The summed E-state index contributed by atoms with van der Waals surface area (Å²) in [7, 11) is 0. The maximum absolute atomic E-state index is 11.4. The van der Waals surface area contributed by atoms with Crippen LogP contribution in [0.4, 0.5) is 5.82 Å². The Morgan fingerprint density at radius 1 is 1.50 bits per heavy atom. The van der Waals surface area contributed by atoms with E-state index < -0.39 is 11.9 Å². The van der Waals surface area contributed by atoms with E-state index in [1.165, 1.54) is 6.20 Å². The molecule has 0 amide bonds. The molecular weight excluding hydrogens is 236 g/mol. The van der Waals surface area contributed by atoms with Crippen LogP contribution in [0.2, 0.25) is 0 Å². The minimum Gasteiger partial charge on any atom is -0.481 e. The van der Waals surface area contributed by atoms with Gasteiger partial charge >= 0.3 is 11.9 Å². The van der Waals surface area contributed by atoms with Crippen molar-refractivity contribution in [1.82, 2.24) is 4.98 Å². The second-order valence-corrected chi connectivity index (χ2v) is 4.07. The minimum atomic E-state index is -0.783. The molecule has 6 heteroatoms. The van der Waals surface area contributed by atoms with E-state index in [1.807, 2.05) is 4.90 Å². The Hall–Kier alpha value is -2.11. The smallest absolute Gasteiger partial charge is 0.339 e. The Kier molecular flexibility index (Phi) is 3.45. The third-order valence-electron chi connectivity index (χ3n) is 2.81. The van der Waals surface area contributed by atoms with Crippen LogP contribution in [-0.2, 0) is 9.53 Å². The van der Waals surface area contributed by atoms with Crippen molar-refractivity contribution in [2.45, 2.75) is 6.92 Å². The van der Waals surface area contributed by atoms with Gasteiger partial charge in [0, 0.05) is 19.3 Å². The third-order valence-corrected chi connectivity index (χ3v) is 2.81. The summed E-state index contributed by atoms with van der Waals surface area (Å²) in [5.41, 5.74) is 0.399. The summed E-state index contributed by atoms with van der Waals surface area (Å²) >= 11 is 0. The number of esters is 1. The van der Waals surface area contributed by atoms with E-state index >= 15 is 0 Å². The summed E-state index contributed by atoms with van der Waals surface area (Å²) in [4.78, 5) is 28.0. The highest BCUT2D eigenvalue weighted by molar-refractivity contribution is 5.89. The number of ether oxygens (including phenoxy) is 1. The molecule has 1 fully saturated rings.